The van der Waals surface area contributed by atoms with Crippen LogP contribution in [0, 0.1) is 5.92 Å². The first-order chi connectivity index (χ1) is 6.42. The summed E-state index contributed by atoms with van der Waals surface area (Å²) in [4.78, 5) is 10.1. The zero-order chi connectivity index (χ0) is 10.8. The van der Waals surface area contributed by atoms with Gasteiger partial charge in [-0.3, -0.25) is 0 Å². The molecule has 1 aliphatic carbocycles. The van der Waals surface area contributed by atoms with Crippen molar-refractivity contribution in [3.8, 4) is 0 Å². The summed E-state index contributed by atoms with van der Waals surface area (Å²) in [6.45, 7) is 1.01. The van der Waals surface area contributed by atoms with Crippen LogP contribution in [-0.2, 0) is 9.53 Å². The second-order valence-corrected chi connectivity index (χ2v) is 3.86. The van der Waals surface area contributed by atoms with E-state index in [1.807, 2.05) is 6.92 Å². The molecule has 0 saturated heterocycles. The van der Waals surface area contributed by atoms with Crippen LogP contribution in [0.1, 0.15) is 26.2 Å². The monoisotopic (exact) mass is 208 g/mol. The van der Waals surface area contributed by atoms with Gasteiger partial charge in [-0.15, -0.1) is 0 Å². The van der Waals surface area contributed by atoms with Gasteiger partial charge in [0.2, 0.25) is 0 Å². The third-order valence-electron chi connectivity index (χ3n) is 2.46. The van der Waals surface area contributed by atoms with E-state index < -0.39 is 18.5 Å². The van der Waals surface area contributed by atoms with Gasteiger partial charge in [0.15, 0.2) is 0 Å². The number of carbonyl (C=O) groups is 1. The Morgan fingerprint density at radius 2 is 2.21 bits per heavy atom. The van der Waals surface area contributed by atoms with Crippen molar-refractivity contribution in [2.75, 3.05) is 6.61 Å². The molecule has 1 saturated carbocycles. The summed E-state index contributed by atoms with van der Waals surface area (Å²) >= 11 is 0. The van der Waals surface area contributed by atoms with Crippen molar-refractivity contribution in [3.63, 3.8) is 0 Å². The molecule has 0 aliphatic heterocycles. The van der Waals surface area contributed by atoms with E-state index in [2.05, 4.69) is 0 Å². The lowest BCUT2D eigenvalue weighted by Crippen LogP contribution is -2.35. The number of carboxylic acids is 1. The van der Waals surface area contributed by atoms with E-state index in [0.717, 1.165) is 19.3 Å². The first kappa shape index (κ1) is 11.4. The Balaban J connectivity index is 2.30. The van der Waals surface area contributed by atoms with Gasteiger partial charge in [0, 0.05) is 0 Å². The summed E-state index contributed by atoms with van der Waals surface area (Å²) in [5.41, 5.74) is 0. The lowest BCUT2D eigenvalue weighted by molar-refractivity contribution is -0.176. The molecule has 0 amide bonds. The summed E-state index contributed by atoms with van der Waals surface area (Å²) in [5.74, 6) is -5.40. The van der Waals surface area contributed by atoms with Crippen LogP contribution in [0.3, 0.4) is 0 Å². The Hall–Kier alpha value is -0.710. The average molecular weight is 208 g/mol. The Kier molecular flexibility index (Phi) is 3.42. The quantitative estimate of drug-likeness (QED) is 0.767. The minimum Gasteiger partial charge on any atom is -0.477 e. The number of hydrogen-bond donors (Lipinski definition) is 1. The standard InChI is InChI=1S/C9H14F2O3/c1-6-2-3-7(4-6)14-5-9(10,11)8(12)13/h6-7H,2-5H2,1H3,(H,12,13). The second-order valence-electron chi connectivity index (χ2n) is 3.86. The summed E-state index contributed by atoms with van der Waals surface area (Å²) in [6.07, 6.45) is 2.26. The lowest BCUT2D eigenvalue weighted by Gasteiger charge is -2.15. The molecule has 14 heavy (non-hydrogen) atoms. The number of aliphatic carboxylic acids is 1. The predicted molar refractivity (Wildman–Crippen MR) is 45.3 cm³/mol. The van der Waals surface area contributed by atoms with E-state index >= 15 is 0 Å². The fourth-order valence-electron chi connectivity index (χ4n) is 1.59. The van der Waals surface area contributed by atoms with Gasteiger partial charge in [-0.2, -0.15) is 8.78 Å². The zero-order valence-electron chi connectivity index (χ0n) is 8.00. The molecule has 82 valence electrons. The fourth-order valence-corrected chi connectivity index (χ4v) is 1.59. The third kappa shape index (κ3) is 2.90. The van der Waals surface area contributed by atoms with E-state index in [0.29, 0.717) is 5.92 Å². The average Bonchev–Trinajstić information content (AvgIpc) is 2.48. The molecular formula is C9H14F2O3. The molecule has 0 aromatic heterocycles. The van der Waals surface area contributed by atoms with Crippen molar-refractivity contribution in [2.24, 2.45) is 5.92 Å². The number of alkyl halides is 2. The molecule has 0 aromatic carbocycles. The van der Waals surface area contributed by atoms with Gasteiger partial charge >= 0.3 is 11.9 Å². The molecule has 0 bridgehead atoms. The van der Waals surface area contributed by atoms with E-state index in [1.165, 1.54) is 0 Å². The number of carboxylic acid groups (broad SMARTS) is 1. The van der Waals surface area contributed by atoms with Gasteiger partial charge in [0.05, 0.1) is 6.10 Å². The van der Waals surface area contributed by atoms with E-state index in [1.54, 1.807) is 0 Å². The van der Waals surface area contributed by atoms with Crippen LogP contribution in [0.4, 0.5) is 8.78 Å². The Bertz CT molecular complexity index is 218. The topological polar surface area (TPSA) is 46.5 Å². The molecule has 0 heterocycles. The molecule has 1 rings (SSSR count). The predicted octanol–water partition coefficient (Wildman–Crippen LogP) is 1.91. The van der Waals surface area contributed by atoms with Crippen molar-refractivity contribution in [1.82, 2.24) is 0 Å². The van der Waals surface area contributed by atoms with Crippen molar-refractivity contribution in [1.29, 1.82) is 0 Å². The molecule has 0 radical (unpaired) electrons. The Morgan fingerprint density at radius 3 is 2.64 bits per heavy atom. The number of rotatable bonds is 4. The van der Waals surface area contributed by atoms with E-state index in [-0.39, 0.29) is 6.10 Å². The zero-order valence-corrected chi connectivity index (χ0v) is 8.00. The first-order valence-electron chi connectivity index (χ1n) is 4.64. The summed E-state index contributed by atoms with van der Waals surface area (Å²) in [6, 6.07) is 0. The fraction of sp³-hybridized carbons (Fsp3) is 0.889. The number of halogens is 2. The summed E-state index contributed by atoms with van der Waals surface area (Å²) in [7, 11) is 0. The van der Waals surface area contributed by atoms with Gasteiger partial charge in [0.25, 0.3) is 0 Å². The number of hydrogen-bond acceptors (Lipinski definition) is 2. The number of ether oxygens (including phenoxy) is 1. The van der Waals surface area contributed by atoms with Crippen molar-refractivity contribution < 1.29 is 23.4 Å². The maximum Gasteiger partial charge on any atom is 0.377 e. The highest BCUT2D eigenvalue weighted by atomic mass is 19.3. The van der Waals surface area contributed by atoms with E-state index in [4.69, 9.17) is 9.84 Å². The Labute approximate surface area is 81.1 Å². The van der Waals surface area contributed by atoms with Crippen LogP contribution < -0.4 is 0 Å². The molecule has 5 heteroatoms. The molecule has 2 unspecified atom stereocenters. The van der Waals surface area contributed by atoms with Crippen LogP contribution >= 0.6 is 0 Å². The van der Waals surface area contributed by atoms with Gasteiger partial charge in [0.1, 0.15) is 6.61 Å². The molecule has 1 aliphatic rings. The van der Waals surface area contributed by atoms with Crippen molar-refractivity contribution in [3.05, 3.63) is 0 Å². The lowest BCUT2D eigenvalue weighted by atomic mass is 10.1. The van der Waals surface area contributed by atoms with Crippen LogP contribution in [0.15, 0.2) is 0 Å². The van der Waals surface area contributed by atoms with Crippen molar-refractivity contribution >= 4 is 5.97 Å². The molecule has 3 nitrogen and oxygen atoms in total. The Morgan fingerprint density at radius 1 is 1.57 bits per heavy atom. The van der Waals surface area contributed by atoms with E-state index in [9.17, 15) is 13.6 Å². The van der Waals surface area contributed by atoms with Gasteiger partial charge < -0.3 is 9.84 Å². The molecule has 0 spiro atoms. The highest BCUT2D eigenvalue weighted by molar-refractivity contribution is 5.75. The maximum atomic E-state index is 12.6. The molecule has 0 aromatic rings. The summed E-state index contributed by atoms with van der Waals surface area (Å²) < 4.78 is 30.0. The van der Waals surface area contributed by atoms with Crippen LogP contribution in [0.25, 0.3) is 0 Å². The molecule has 1 N–H and O–H groups in total. The summed E-state index contributed by atoms with van der Waals surface area (Å²) in [5, 5.41) is 8.14. The minimum atomic E-state index is -3.76. The van der Waals surface area contributed by atoms with Crippen molar-refractivity contribution in [2.45, 2.75) is 38.2 Å². The highest BCUT2D eigenvalue weighted by Crippen LogP contribution is 2.28. The minimum absolute atomic E-state index is 0.199. The van der Waals surface area contributed by atoms with Crippen LogP contribution in [-0.4, -0.2) is 29.7 Å². The van der Waals surface area contributed by atoms with Crippen LogP contribution in [0.5, 0.6) is 0 Å². The first-order valence-corrected chi connectivity index (χ1v) is 4.64. The van der Waals surface area contributed by atoms with Crippen LogP contribution in [0.2, 0.25) is 0 Å². The second kappa shape index (κ2) is 4.21. The molecule has 2 atom stereocenters. The van der Waals surface area contributed by atoms with Gasteiger partial charge in [-0.1, -0.05) is 6.92 Å². The SMILES string of the molecule is CC1CCC(OCC(F)(F)C(=O)O)C1. The normalized spacial score (nSPS) is 27.9. The molecular weight excluding hydrogens is 194 g/mol. The maximum absolute atomic E-state index is 12.6. The third-order valence-corrected chi connectivity index (χ3v) is 2.46. The smallest absolute Gasteiger partial charge is 0.377 e. The highest BCUT2D eigenvalue weighted by Gasteiger charge is 2.40. The van der Waals surface area contributed by atoms with Gasteiger partial charge in [-0.05, 0) is 25.2 Å². The largest absolute Gasteiger partial charge is 0.477 e. The van der Waals surface area contributed by atoms with Gasteiger partial charge in [-0.25, -0.2) is 4.79 Å². The molecule has 1 fully saturated rings.